The van der Waals surface area contributed by atoms with Gasteiger partial charge in [0.25, 0.3) is 5.91 Å². The lowest BCUT2D eigenvalue weighted by atomic mass is 10.1. The van der Waals surface area contributed by atoms with Crippen LogP contribution in [0.2, 0.25) is 0 Å². The first-order chi connectivity index (χ1) is 10.6. The molecule has 0 aliphatic rings. The van der Waals surface area contributed by atoms with E-state index in [1.165, 1.54) is 0 Å². The molecular weight excluding hydrogens is 282 g/mol. The molecule has 0 aliphatic carbocycles. The van der Waals surface area contributed by atoms with E-state index >= 15 is 0 Å². The van der Waals surface area contributed by atoms with Crippen molar-refractivity contribution in [2.75, 3.05) is 0 Å². The molecule has 0 unspecified atom stereocenters. The number of benzene rings is 1. The van der Waals surface area contributed by atoms with E-state index in [2.05, 4.69) is 5.32 Å². The number of hydrogen-bond acceptors (Lipinski definition) is 3. The highest BCUT2D eigenvalue weighted by molar-refractivity contribution is 5.94. The second-order valence-electron chi connectivity index (χ2n) is 4.92. The maximum atomic E-state index is 12.3. The van der Waals surface area contributed by atoms with Crippen molar-refractivity contribution in [3.63, 3.8) is 0 Å². The van der Waals surface area contributed by atoms with Gasteiger partial charge < -0.3 is 14.8 Å². The molecule has 1 heterocycles. The van der Waals surface area contributed by atoms with Gasteiger partial charge in [0.1, 0.15) is 5.76 Å². The van der Waals surface area contributed by atoms with E-state index in [0.717, 1.165) is 17.7 Å². The molecule has 1 atom stereocenters. The van der Waals surface area contributed by atoms with Gasteiger partial charge in [0.2, 0.25) is 0 Å². The third kappa shape index (κ3) is 3.36. The number of aryl methyl sites for hydroxylation is 2. The smallest absolute Gasteiger partial charge is 0.330 e. The van der Waals surface area contributed by atoms with Crippen LogP contribution in [0.1, 0.15) is 47.3 Å². The zero-order valence-electron chi connectivity index (χ0n) is 12.6. The van der Waals surface area contributed by atoms with Crippen LogP contribution in [0.3, 0.4) is 0 Å². The van der Waals surface area contributed by atoms with E-state index in [1.807, 2.05) is 13.8 Å². The summed E-state index contributed by atoms with van der Waals surface area (Å²) in [6, 6.07) is 9.15. The third-order valence-corrected chi connectivity index (χ3v) is 3.48. The Morgan fingerprint density at radius 2 is 1.86 bits per heavy atom. The Bertz CT molecular complexity index is 639. The van der Waals surface area contributed by atoms with Gasteiger partial charge in [-0.2, -0.15) is 0 Å². The van der Waals surface area contributed by atoms with Crippen LogP contribution >= 0.6 is 0 Å². The van der Waals surface area contributed by atoms with Gasteiger partial charge in [-0.3, -0.25) is 4.79 Å². The Morgan fingerprint density at radius 1 is 1.18 bits per heavy atom. The first kappa shape index (κ1) is 15.8. The monoisotopic (exact) mass is 301 g/mol. The third-order valence-electron chi connectivity index (χ3n) is 3.48. The highest BCUT2D eigenvalue weighted by Gasteiger charge is 2.24. The summed E-state index contributed by atoms with van der Waals surface area (Å²) in [6.45, 7) is 3.93. The fourth-order valence-corrected chi connectivity index (χ4v) is 2.31. The second-order valence-corrected chi connectivity index (χ2v) is 4.92. The molecule has 0 radical (unpaired) electrons. The van der Waals surface area contributed by atoms with Crippen LogP contribution in [0, 0.1) is 0 Å². The van der Waals surface area contributed by atoms with Crippen molar-refractivity contribution in [1.82, 2.24) is 5.32 Å². The number of furan rings is 1. The van der Waals surface area contributed by atoms with Gasteiger partial charge in [0.05, 0.1) is 0 Å². The molecule has 116 valence electrons. The quantitative estimate of drug-likeness (QED) is 0.859. The Kier molecular flexibility index (Phi) is 4.99. The summed E-state index contributed by atoms with van der Waals surface area (Å²) in [5.41, 5.74) is 1.49. The summed E-state index contributed by atoms with van der Waals surface area (Å²) in [5.74, 6) is -0.724. The van der Waals surface area contributed by atoms with Crippen molar-refractivity contribution in [3.8, 4) is 0 Å². The van der Waals surface area contributed by atoms with Crippen LogP contribution in [-0.4, -0.2) is 17.0 Å². The lowest BCUT2D eigenvalue weighted by Gasteiger charge is -2.13. The zero-order chi connectivity index (χ0) is 16.1. The number of hydrogen-bond donors (Lipinski definition) is 2. The Labute approximate surface area is 129 Å². The number of aliphatic carboxylic acids is 1. The standard InChI is InChI=1S/C17H19NO4/c1-3-11-10-14(22-13(11)4-2)16(19)18-15(17(20)21)12-8-6-5-7-9-12/h5-10,15H,3-4H2,1-2H3,(H,18,19)(H,20,21)/t15-/m1/s1. The van der Waals surface area contributed by atoms with Crippen LogP contribution in [-0.2, 0) is 17.6 Å². The van der Waals surface area contributed by atoms with Crippen molar-refractivity contribution in [1.29, 1.82) is 0 Å². The predicted octanol–water partition coefficient (Wildman–Crippen LogP) is 2.96. The Balaban J connectivity index is 2.22. The van der Waals surface area contributed by atoms with E-state index in [-0.39, 0.29) is 5.76 Å². The minimum atomic E-state index is -1.11. The first-order valence-corrected chi connectivity index (χ1v) is 7.27. The predicted molar refractivity (Wildman–Crippen MR) is 81.7 cm³/mol. The van der Waals surface area contributed by atoms with E-state index < -0.39 is 17.9 Å². The van der Waals surface area contributed by atoms with Crippen molar-refractivity contribution < 1.29 is 19.1 Å². The molecule has 2 rings (SSSR count). The summed E-state index contributed by atoms with van der Waals surface area (Å²) in [7, 11) is 0. The van der Waals surface area contributed by atoms with Crippen molar-refractivity contribution in [2.45, 2.75) is 32.7 Å². The lowest BCUT2D eigenvalue weighted by Crippen LogP contribution is -2.33. The molecule has 5 nitrogen and oxygen atoms in total. The van der Waals surface area contributed by atoms with Crippen LogP contribution < -0.4 is 5.32 Å². The van der Waals surface area contributed by atoms with E-state index in [0.29, 0.717) is 12.0 Å². The fourth-order valence-electron chi connectivity index (χ4n) is 2.31. The average molecular weight is 301 g/mol. The normalized spacial score (nSPS) is 11.9. The SMILES string of the molecule is CCc1cc(C(=O)N[C@@H](C(=O)O)c2ccccc2)oc1CC. The van der Waals surface area contributed by atoms with Gasteiger partial charge in [-0.25, -0.2) is 4.79 Å². The highest BCUT2D eigenvalue weighted by atomic mass is 16.4. The summed E-state index contributed by atoms with van der Waals surface area (Å²) >= 11 is 0. The fraction of sp³-hybridized carbons (Fsp3) is 0.294. The maximum Gasteiger partial charge on any atom is 0.330 e. The number of carbonyl (C=O) groups excluding carboxylic acids is 1. The first-order valence-electron chi connectivity index (χ1n) is 7.27. The number of rotatable bonds is 6. The van der Waals surface area contributed by atoms with E-state index in [4.69, 9.17) is 4.42 Å². The highest BCUT2D eigenvalue weighted by Crippen LogP contribution is 2.19. The minimum Gasteiger partial charge on any atom is -0.479 e. The molecule has 22 heavy (non-hydrogen) atoms. The number of carboxylic acid groups (broad SMARTS) is 1. The second kappa shape index (κ2) is 6.93. The molecular formula is C17H19NO4. The molecule has 1 amide bonds. The molecule has 0 spiro atoms. The van der Waals surface area contributed by atoms with Gasteiger partial charge in [0, 0.05) is 6.42 Å². The zero-order valence-corrected chi connectivity index (χ0v) is 12.6. The molecule has 2 N–H and O–H groups in total. The summed E-state index contributed by atoms with van der Waals surface area (Å²) < 4.78 is 5.53. The van der Waals surface area contributed by atoms with Crippen molar-refractivity contribution in [3.05, 3.63) is 59.0 Å². The van der Waals surface area contributed by atoms with Crippen LogP contribution in [0.4, 0.5) is 0 Å². The topological polar surface area (TPSA) is 79.5 Å². The number of nitrogens with one attached hydrogen (secondary N) is 1. The summed E-state index contributed by atoms with van der Waals surface area (Å²) in [5, 5.41) is 11.8. The molecule has 0 saturated carbocycles. The Hall–Kier alpha value is -2.56. The van der Waals surface area contributed by atoms with Gasteiger partial charge in [-0.05, 0) is 23.6 Å². The average Bonchev–Trinajstić information content (AvgIpc) is 2.96. The summed E-state index contributed by atoms with van der Waals surface area (Å²) in [6.07, 6.45) is 1.46. The van der Waals surface area contributed by atoms with Crippen molar-refractivity contribution >= 4 is 11.9 Å². The van der Waals surface area contributed by atoms with E-state index in [9.17, 15) is 14.7 Å². The number of carbonyl (C=O) groups is 2. The molecule has 2 aromatic rings. The maximum absolute atomic E-state index is 12.3. The number of amides is 1. The van der Waals surface area contributed by atoms with Crippen LogP contribution in [0.15, 0.2) is 40.8 Å². The summed E-state index contributed by atoms with van der Waals surface area (Å²) in [4.78, 5) is 23.7. The molecule has 0 bridgehead atoms. The van der Waals surface area contributed by atoms with Gasteiger partial charge >= 0.3 is 5.97 Å². The van der Waals surface area contributed by atoms with Crippen molar-refractivity contribution in [2.24, 2.45) is 0 Å². The van der Waals surface area contributed by atoms with Gasteiger partial charge in [0.15, 0.2) is 11.8 Å². The molecule has 0 saturated heterocycles. The van der Waals surface area contributed by atoms with Crippen LogP contribution in [0.25, 0.3) is 0 Å². The molecule has 1 aromatic heterocycles. The van der Waals surface area contributed by atoms with E-state index in [1.54, 1.807) is 36.4 Å². The lowest BCUT2D eigenvalue weighted by molar-refractivity contribution is -0.139. The molecule has 1 aromatic carbocycles. The molecule has 0 aliphatic heterocycles. The molecule has 0 fully saturated rings. The molecule has 5 heteroatoms. The number of carboxylic acids is 1. The minimum absolute atomic E-state index is 0.149. The van der Waals surface area contributed by atoms with Gasteiger partial charge in [-0.1, -0.05) is 44.2 Å². The largest absolute Gasteiger partial charge is 0.479 e. The Morgan fingerprint density at radius 3 is 2.36 bits per heavy atom. The van der Waals surface area contributed by atoms with Crippen LogP contribution in [0.5, 0.6) is 0 Å². The van der Waals surface area contributed by atoms with Gasteiger partial charge in [-0.15, -0.1) is 0 Å².